The zero-order valence-electron chi connectivity index (χ0n) is 11.9. The Bertz CT molecular complexity index is 612. The lowest BCUT2D eigenvalue weighted by Gasteiger charge is -2.18. The number of carbonyl (C=O) groups excluding carboxylic acids is 1. The summed E-state index contributed by atoms with van der Waals surface area (Å²) in [4.78, 5) is 18.7. The van der Waals surface area contributed by atoms with Gasteiger partial charge in [0.05, 0.1) is 11.1 Å². The highest BCUT2D eigenvalue weighted by Gasteiger charge is 2.16. The number of hydrazine groups is 1. The van der Waals surface area contributed by atoms with Crippen molar-refractivity contribution >= 4 is 22.6 Å². The summed E-state index contributed by atoms with van der Waals surface area (Å²) >= 11 is 0. The summed E-state index contributed by atoms with van der Waals surface area (Å²) in [5.41, 5.74) is 3.90. The van der Waals surface area contributed by atoms with Crippen molar-refractivity contribution in [2.24, 2.45) is 5.84 Å². The van der Waals surface area contributed by atoms with Gasteiger partial charge < -0.3 is 10.3 Å². The smallest absolute Gasteiger partial charge is 0.254 e. The van der Waals surface area contributed by atoms with Crippen molar-refractivity contribution in [3.05, 3.63) is 35.9 Å². The topological polar surface area (TPSA) is 71.2 Å². The van der Waals surface area contributed by atoms with Crippen LogP contribution in [0.3, 0.4) is 0 Å². The van der Waals surface area contributed by atoms with Gasteiger partial charge in [-0.15, -0.1) is 0 Å². The van der Waals surface area contributed by atoms with Gasteiger partial charge in [0.15, 0.2) is 0 Å². The third-order valence-corrected chi connectivity index (χ3v) is 3.29. The van der Waals surface area contributed by atoms with Crippen LogP contribution in [0.15, 0.2) is 30.3 Å². The van der Waals surface area contributed by atoms with Crippen molar-refractivity contribution in [1.29, 1.82) is 0 Å². The minimum Gasteiger partial charge on any atom is -0.342 e. The minimum atomic E-state index is -0.00597. The van der Waals surface area contributed by atoms with E-state index in [1.54, 1.807) is 11.0 Å². The van der Waals surface area contributed by atoms with Crippen molar-refractivity contribution < 1.29 is 4.79 Å². The van der Waals surface area contributed by atoms with Gasteiger partial charge in [-0.25, -0.2) is 10.8 Å². The zero-order valence-corrected chi connectivity index (χ0v) is 11.9. The number of benzene rings is 1. The Morgan fingerprint density at radius 2 is 2.15 bits per heavy atom. The van der Waals surface area contributed by atoms with Gasteiger partial charge >= 0.3 is 0 Å². The van der Waals surface area contributed by atoms with Crippen LogP contribution in [-0.2, 0) is 0 Å². The van der Waals surface area contributed by atoms with E-state index >= 15 is 0 Å². The second kappa shape index (κ2) is 6.34. The van der Waals surface area contributed by atoms with Gasteiger partial charge in [-0.05, 0) is 18.6 Å². The minimum absolute atomic E-state index is 0.00597. The summed E-state index contributed by atoms with van der Waals surface area (Å²) in [6.45, 7) is 2.86. The number of anilines is 1. The lowest BCUT2D eigenvalue weighted by Crippen LogP contribution is -2.28. The number of para-hydroxylation sites is 1. The van der Waals surface area contributed by atoms with E-state index in [-0.39, 0.29) is 5.91 Å². The molecule has 0 aliphatic carbocycles. The number of nitrogens with one attached hydrogen (secondary N) is 1. The molecule has 20 heavy (non-hydrogen) atoms. The van der Waals surface area contributed by atoms with Gasteiger partial charge in [0.25, 0.3) is 5.91 Å². The predicted molar refractivity (Wildman–Crippen MR) is 81.4 cm³/mol. The number of rotatable bonds is 5. The number of hydrogen-bond donors (Lipinski definition) is 2. The summed E-state index contributed by atoms with van der Waals surface area (Å²) in [5, 5.41) is 0.847. The summed E-state index contributed by atoms with van der Waals surface area (Å²) in [6.07, 6.45) is 2.05. The molecule has 0 radical (unpaired) electrons. The van der Waals surface area contributed by atoms with Crippen LogP contribution in [-0.4, -0.2) is 29.4 Å². The molecule has 0 aliphatic rings. The zero-order chi connectivity index (χ0) is 14.5. The quantitative estimate of drug-likeness (QED) is 0.647. The number of amides is 1. The number of nitrogens with two attached hydrogens (primary N) is 1. The largest absolute Gasteiger partial charge is 0.342 e. The molecule has 5 heteroatoms. The number of hydrogen-bond acceptors (Lipinski definition) is 4. The Balaban J connectivity index is 2.43. The Hall–Kier alpha value is -2.14. The van der Waals surface area contributed by atoms with Crippen molar-refractivity contribution in [2.45, 2.75) is 19.8 Å². The number of aromatic nitrogens is 1. The molecule has 0 saturated heterocycles. The summed E-state index contributed by atoms with van der Waals surface area (Å²) in [7, 11) is 1.82. The Morgan fingerprint density at radius 1 is 1.40 bits per heavy atom. The molecule has 0 fully saturated rings. The average Bonchev–Trinajstić information content (AvgIpc) is 2.50. The molecule has 1 aromatic heterocycles. The number of nitrogen functional groups attached to an aromatic ring is 1. The maximum absolute atomic E-state index is 12.6. The first kappa shape index (κ1) is 14.3. The van der Waals surface area contributed by atoms with E-state index in [2.05, 4.69) is 17.3 Å². The van der Waals surface area contributed by atoms with Gasteiger partial charge in [-0.3, -0.25) is 4.79 Å². The lowest BCUT2D eigenvalue weighted by atomic mass is 10.1. The van der Waals surface area contributed by atoms with Crippen molar-refractivity contribution in [3.63, 3.8) is 0 Å². The number of carbonyl (C=O) groups is 1. The van der Waals surface area contributed by atoms with Crippen LogP contribution in [0.25, 0.3) is 10.9 Å². The van der Waals surface area contributed by atoms with E-state index < -0.39 is 0 Å². The third kappa shape index (κ3) is 2.88. The van der Waals surface area contributed by atoms with Gasteiger partial charge in [-0.1, -0.05) is 31.5 Å². The molecule has 1 heterocycles. The van der Waals surface area contributed by atoms with Gasteiger partial charge in [0.1, 0.15) is 5.82 Å². The van der Waals surface area contributed by atoms with E-state index in [1.807, 2.05) is 31.3 Å². The fourth-order valence-electron chi connectivity index (χ4n) is 2.13. The average molecular weight is 272 g/mol. The van der Waals surface area contributed by atoms with Crippen molar-refractivity contribution in [1.82, 2.24) is 9.88 Å². The summed E-state index contributed by atoms with van der Waals surface area (Å²) in [5.74, 6) is 5.92. The van der Waals surface area contributed by atoms with E-state index in [0.717, 1.165) is 30.3 Å². The molecule has 0 atom stereocenters. The van der Waals surface area contributed by atoms with Crippen LogP contribution in [0.4, 0.5) is 5.82 Å². The molecule has 5 nitrogen and oxygen atoms in total. The van der Waals surface area contributed by atoms with Crippen LogP contribution >= 0.6 is 0 Å². The fourth-order valence-corrected chi connectivity index (χ4v) is 2.13. The first-order chi connectivity index (χ1) is 9.67. The lowest BCUT2D eigenvalue weighted by molar-refractivity contribution is 0.0795. The van der Waals surface area contributed by atoms with Gasteiger partial charge in [0.2, 0.25) is 0 Å². The second-order valence-electron chi connectivity index (χ2n) is 4.80. The SMILES string of the molecule is CCCCN(C)C(=O)c1cc(NN)nc2ccccc12. The number of pyridine rings is 1. The van der Waals surface area contributed by atoms with E-state index in [9.17, 15) is 4.79 Å². The Morgan fingerprint density at radius 3 is 2.85 bits per heavy atom. The number of fused-ring (bicyclic) bond motifs is 1. The highest BCUT2D eigenvalue weighted by atomic mass is 16.2. The number of nitrogens with zero attached hydrogens (tertiary/aromatic N) is 2. The standard InChI is InChI=1S/C15H20N4O/c1-3-4-9-19(2)15(20)12-10-14(18-16)17-13-8-6-5-7-11(12)13/h5-8,10H,3-4,9,16H2,1-2H3,(H,17,18). The normalized spacial score (nSPS) is 10.6. The summed E-state index contributed by atoms with van der Waals surface area (Å²) < 4.78 is 0. The van der Waals surface area contributed by atoms with E-state index in [4.69, 9.17) is 5.84 Å². The molecule has 106 valence electrons. The molecular weight excluding hydrogens is 252 g/mol. The summed E-state index contributed by atoms with van der Waals surface area (Å²) in [6, 6.07) is 9.28. The maximum atomic E-state index is 12.6. The van der Waals surface area contributed by atoms with Gasteiger partial charge in [0, 0.05) is 19.0 Å². The second-order valence-corrected chi connectivity index (χ2v) is 4.80. The highest BCUT2D eigenvalue weighted by molar-refractivity contribution is 6.06. The molecule has 0 bridgehead atoms. The molecule has 0 unspecified atom stereocenters. The van der Waals surface area contributed by atoms with Gasteiger partial charge in [-0.2, -0.15) is 0 Å². The van der Waals surface area contributed by atoms with Crippen LogP contribution in [0, 0.1) is 0 Å². The van der Waals surface area contributed by atoms with Crippen LogP contribution < -0.4 is 11.3 Å². The fraction of sp³-hybridized carbons (Fsp3) is 0.333. The molecule has 1 amide bonds. The molecule has 0 aliphatic heterocycles. The molecule has 0 saturated carbocycles. The van der Waals surface area contributed by atoms with Crippen LogP contribution in [0.2, 0.25) is 0 Å². The van der Waals surface area contributed by atoms with E-state index in [0.29, 0.717) is 11.4 Å². The van der Waals surface area contributed by atoms with Crippen LogP contribution in [0.5, 0.6) is 0 Å². The Labute approximate surface area is 118 Å². The number of unbranched alkanes of at least 4 members (excludes halogenated alkanes) is 1. The molecule has 0 spiro atoms. The molecule has 2 aromatic rings. The first-order valence-corrected chi connectivity index (χ1v) is 6.79. The van der Waals surface area contributed by atoms with Crippen molar-refractivity contribution in [2.75, 3.05) is 19.0 Å². The maximum Gasteiger partial charge on any atom is 0.254 e. The van der Waals surface area contributed by atoms with Crippen LogP contribution in [0.1, 0.15) is 30.1 Å². The monoisotopic (exact) mass is 272 g/mol. The predicted octanol–water partition coefficient (Wildman–Crippen LogP) is 2.39. The third-order valence-electron chi connectivity index (χ3n) is 3.29. The molecule has 3 N–H and O–H groups in total. The van der Waals surface area contributed by atoms with E-state index in [1.165, 1.54) is 0 Å². The Kier molecular flexibility index (Phi) is 4.53. The molecular formula is C15H20N4O. The van der Waals surface area contributed by atoms with Crippen molar-refractivity contribution in [3.8, 4) is 0 Å². The molecule has 2 rings (SSSR count). The highest BCUT2D eigenvalue weighted by Crippen LogP contribution is 2.21. The molecule has 1 aromatic carbocycles. The first-order valence-electron chi connectivity index (χ1n) is 6.79.